The standard InChI is InChI=1S/C12H16N2O/c1-14-8-5-10(6-9-14)12(15)11-4-2-3-7-13-11/h2-4,7,10H,5-6,8-9H2,1H3. The minimum Gasteiger partial charge on any atom is -0.306 e. The third kappa shape index (κ3) is 2.42. The number of aromatic nitrogens is 1. The number of Topliss-reactive ketones (excluding diaryl/α,β-unsaturated/α-hetero) is 1. The Morgan fingerprint density at radius 2 is 2.13 bits per heavy atom. The lowest BCUT2D eigenvalue weighted by Crippen LogP contribution is -2.33. The fraction of sp³-hybridized carbons (Fsp3) is 0.500. The Kier molecular flexibility index (Phi) is 3.11. The Morgan fingerprint density at radius 3 is 2.73 bits per heavy atom. The van der Waals surface area contributed by atoms with Gasteiger partial charge < -0.3 is 4.90 Å². The van der Waals surface area contributed by atoms with Crippen molar-refractivity contribution in [3.63, 3.8) is 0 Å². The monoisotopic (exact) mass is 204 g/mol. The van der Waals surface area contributed by atoms with Gasteiger partial charge in [-0.2, -0.15) is 0 Å². The van der Waals surface area contributed by atoms with E-state index in [2.05, 4.69) is 16.9 Å². The van der Waals surface area contributed by atoms with Crippen LogP contribution in [0.25, 0.3) is 0 Å². The lowest BCUT2D eigenvalue weighted by molar-refractivity contribution is 0.0851. The third-order valence-electron chi connectivity index (χ3n) is 3.01. The van der Waals surface area contributed by atoms with E-state index in [0.29, 0.717) is 5.69 Å². The molecule has 1 aromatic rings. The summed E-state index contributed by atoms with van der Waals surface area (Å²) >= 11 is 0. The number of carbonyl (C=O) groups is 1. The zero-order valence-electron chi connectivity index (χ0n) is 9.02. The van der Waals surface area contributed by atoms with Crippen molar-refractivity contribution in [1.29, 1.82) is 0 Å². The summed E-state index contributed by atoms with van der Waals surface area (Å²) in [4.78, 5) is 18.4. The first-order valence-electron chi connectivity index (χ1n) is 5.41. The molecule has 15 heavy (non-hydrogen) atoms. The molecule has 0 unspecified atom stereocenters. The molecule has 0 aromatic carbocycles. The molecule has 1 fully saturated rings. The van der Waals surface area contributed by atoms with Crippen LogP contribution in [0.3, 0.4) is 0 Å². The summed E-state index contributed by atoms with van der Waals surface area (Å²) in [5, 5.41) is 0. The van der Waals surface area contributed by atoms with E-state index in [-0.39, 0.29) is 11.7 Å². The summed E-state index contributed by atoms with van der Waals surface area (Å²) in [6, 6.07) is 5.52. The van der Waals surface area contributed by atoms with Crippen LogP contribution in [0.4, 0.5) is 0 Å². The van der Waals surface area contributed by atoms with Gasteiger partial charge in [-0.15, -0.1) is 0 Å². The maximum Gasteiger partial charge on any atom is 0.184 e. The van der Waals surface area contributed by atoms with Crippen molar-refractivity contribution in [1.82, 2.24) is 9.88 Å². The van der Waals surface area contributed by atoms with Gasteiger partial charge in [0.2, 0.25) is 0 Å². The van der Waals surface area contributed by atoms with Crippen LogP contribution < -0.4 is 0 Å². The highest BCUT2D eigenvalue weighted by Crippen LogP contribution is 2.19. The Labute approximate surface area is 90.1 Å². The van der Waals surface area contributed by atoms with Crippen molar-refractivity contribution in [2.75, 3.05) is 20.1 Å². The molecule has 0 spiro atoms. The maximum atomic E-state index is 12.0. The lowest BCUT2D eigenvalue weighted by Gasteiger charge is -2.27. The second kappa shape index (κ2) is 4.53. The van der Waals surface area contributed by atoms with Crippen LogP contribution >= 0.6 is 0 Å². The first-order valence-corrected chi connectivity index (χ1v) is 5.41. The predicted molar refractivity (Wildman–Crippen MR) is 58.8 cm³/mol. The van der Waals surface area contributed by atoms with E-state index in [9.17, 15) is 4.79 Å². The molecule has 1 aromatic heterocycles. The summed E-state index contributed by atoms with van der Waals surface area (Å²) in [5.41, 5.74) is 0.618. The van der Waals surface area contributed by atoms with Gasteiger partial charge in [0, 0.05) is 12.1 Å². The summed E-state index contributed by atoms with van der Waals surface area (Å²) in [5.74, 6) is 0.389. The smallest absolute Gasteiger partial charge is 0.184 e. The molecule has 0 amide bonds. The average Bonchev–Trinajstić information content (AvgIpc) is 2.30. The van der Waals surface area contributed by atoms with Gasteiger partial charge in [-0.1, -0.05) is 6.07 Å². The number of carbonyl (C=O) groups excluding carboxylic acids is 1. The Morgan fingerprint density at radius 1 is 1.40 bits per heavy atom. The van der Waals surface area contributed by atoms with E-state index in [1.165, 1.54) is 0 Å². The van der Waals surface area contributed by atoms with Crippen LogP contribution in [-0.2, 0) is 0 Å². The van der Waals surface area contributed by atoms with E-state index in [1.54, 1.807) is 12.3 Å². The Bertz CT molecular complexity index is 329. The highest BCUT2D eigenvalue weighted by Gasteiger charge is 2.24. The number of ketones is 1. The van der Waals surface area contributed by atoms with Crippen molar-refractivity contribution in [3.8, 4) is 0 Å². The van der Waals surface area contributed by atoms with Crippen LogP contribution in [-0.4, -0.2) is 35.8 Å². The van der Waals surface area contributed by atoms with Gasteiger partial charge >= 0.3 is 0 Å². The van der Waals surface area contributed by atoms with E-state index >= 15 is 0 Å². The number of likely N-dealkylation sites (tertiary alicyclic amines) is 1. The van der Waals surface area contributed by atoms with Crippen molar-refractivity contribution in [3.05, 3.63) is 30.1 Å². The van der Waals surface area contributed by atoms with E-state index < -0.39 is 0 Å². The van der Waals surface area contributed by atoms with Crippen molar-refractivity contribution < 1.29 is 4.79 Å². The quantitative estimate of drug-likeness (QED) is 0.686. The van der Waals surface area contributed by atoms with Gasteiger partial charge in [-0.05, 0) is 45.1 Å². The second-order valence-corrected chi connectivity index (χ2v) is 4.16. The minimum absolute atomic E-state index is 0.177. The summed E-state index contributed by atoms with van der Waals surface area (Å²) in [7, 11) is 2.10. The molecule has 0 saturated carbocycles. The second-order valence-electron chi connectivity index (χ2n) is 4.16. The number of nitrogens with zero attached hydrogens (tertiary/aromatic N) is 2. The topological polar surface area (TPSA) is 33.2 Å². The highest BCUT2D eigenvalue weighted by molar-refractivity contribution is 5.96. The fourth-order valence-electron chi connectivity index (χ4n) is 1.99. The normalized spacial score (nSPS) is 19.0. The van der Waals surface area contributed by atoms with Gasteiger partial charge in [-0.3, -0.25) is 9.78 Å². The molecule has 80 valence electrons. The first-order chi connectivity index (χ1) is 7.27. The molecule has 0 bridgehead atoms. The predicted octanol–water partition coefficient (Wildman–Crippen LogP) is 1.61. The number of hydrogen-bond acceptors (Lipinski definition) is 3. The minimum atomic E-state index is 0.177. The van der Waals surface area contributed by atoms with E-state index in [4.69, 9.17) is 0 Å². The molecule has 0 radical (unpaired) electrons. The van der Waals surface area contributed by atoms with Crippen LogP contribution in [0.1, 0.15) is 23.3 Å². The molecule has 1 aliphatic rings. The van der Waals surface area contributed by atoms with Gasteiger partial charge in [0.1, 0.15) is 5.69 Å². The molecule has 2 rings (SSSR count). The Balaban J connectivity index is 2.03. The van der Waals surface area contributed by atoms with Crippen molar-refractivity contribution >= 4 is 5.78 Å². The number of rotatable bonds is 2. The van der Waals surface area contributed by atoms with Gasteiger partial charge in [0.05, 0.1) is 0 Å². The average molecular weight is 204 g/mol. The van der Waals surface area contributed by atoms with Crippen LogP contribution in [0.5, 0.6) is 0 Å². The van der Waals surface area contributed by atoms with Crippen LogP contribution in [0.2, 0.25) is 0 Å². The molecular formula is C12H16N2O. The van der Waals surface area contributed by atoms with Crippen molar-refractivity contribution in [2.24, 2.45) is 5.92 Å². The largest absolute Gasteiger partial charge is 0.306 e. The van der Waals surface area contributed by atoms with Crippen molar-refractivity contribution in [2.45, 2.75) is 12.8 Å². The Hall–Kier alpha value is -1.22. The SMILES string of the molecule is CN1CCC(C(=O)c2ccccn2)CC1. The molecular weight excluding hydrogens is 188 g/mol. The van der Waals surface area contributed by atoms with Gasteiger partial charge in [0.15, 0.2) is 5.78 Å². The number of piperidine rings is 1. The van der Waals surface area contributed by atoms with Gasteiger partial charge in [-0.25, -0.2) is 0 Å². The molecule has 3 nitrogen and oxygen atoms in total. The fourth-order valence-corrected chi connectivity index (χ4v) is 1.99. The number of pyridine rings is 1. The molecule has 0 atom stereocenters. The molecule has 0 aliphatic carbocycles. The molecule has 1 aliphatic heterocycles. The summed E-state index contributed by atoms with van der Waals surface area (Å²) in [6.07, 6.45) is 3.61. The van der Waals surface area contributed by atoms with Crippen LogP contribution in [0.15, 0.2) is 24.4 Å². The molecule has 3 heteroatoms. The molecule has 0 N–H and O–H groups in total. The zero-order chi connectivity index (χ0) is 10.7. The lowest BCUT2D eigenvalue weighted by atomic mass is 9.91. The van der Waals surface area contributed by atoms with E-state index in [0.717, 1.165) is 25.9 Å². The van der Waals surface area contributed by atoms with E-state index in [1.807, 2.05) is 12.1 Å². The summed E-state index contributed by atoms with van der Waals surface area (Å²) < 4.78 is 0. The highest BCUT2D eigenvalue weighted by atomic mass is 16.1. The maximum absolute atomic E-state index is 12.0. The zero-order valence-corrected chi connectivity index (χ0v) is 9.02. The first kappa shape index (κ1) is 10.3. The van der Waals surface area contributed by atoms with Crippen LogP contribution in [0, 0.1) is 5.92 Å². The molecule has 1 saturated heterocycles. The number of hydrogen-bond donors (Lipinski definition) is 0. The summed E-state index contributed by atoms with van der Waals surface area (Å²) in [6.45, 7) is 2.03. The third-order valence-corrected chi connectivity index (χ3v) is 3.01. The van der Waals surface area contributed by atoms with Gasteiger partial charge in [0.25, 0.3) is 0 Å². The molecule has 2 heterocycles.